The Bertz CT molecular complexity index is 947. The number of hydrogen-bond donors (Lipinski definition) is 1. The molecule has 3 aromatic rings. The normalized spacial score (nSPS) is 11.9. The number of thiazole rings is 1. The third-order valence-electron chi connectivity index (χ3n) is 3.86. The number of ether oxygens (including phenoxy) is 1. The molecule has 1 aromatic heterocycles. The number of aromatic nitrogens is 1. The largest absolute Gasteiger partial charge is 0.467 e. The molecule has 0 saturated carbocycles. The summed E-state index contributed by atoms with van der Waals surface area (Å²) in [5.74, 6) is -0.333. The van der Waals surface area contributed by atoms with Crippen LogP contribution in [0, 0.1) is 3.57 Å². The van der Waals surface area contributed by atoms with Gasteiger partial charge in [0.2, 0.25) is 0 Å². The fourth-order valence-corrected chi connectivity index (χ4v) is 3.90. The first-order valence-corrected chi connectivity index (χ1v) is 10.7. The Morgan fingerprint density at radius 2 is 1.96 bits per heavy atom. The maximum Gasteiger partial charge on any atom is 0.328 e. The third-order valence-corrected chi connectivity index (χ3v) is 6.09. The van der Waals surface area contributed by atoms with Crippen LogP contribution in [0.25, 0.3) is 11.3 Å². The van der Waals surface area contributed by atoms with Crippen LogP contribution in [0.3, 0.4) is 0 Å². The number of methoxy groups -OCH3 is 1. The van der Waals surface area contributed by atoms with Crippen LogP contribution in [-0.4, -0.2) is 24.1 Å². The van der Waals surface area contributed by atoms with Crippen LogP contribution in [0.2, 0.25) is 10.0 Å². The topological polar surface area (TPSA) is 51.2 Å². The summed E-state index contributed by atoms with van der Waals surface area (Å²) in [5, 5.41) is 6.69. The van der Waals surface area contributed by atoms with Crippen molar-refractivity contribution >= 4 is 68.2 Å². The van der Waals surface area contributed by atoms with Crippen molar-refractivity contribution in [1.82, 2.24) is 4.98 Å². The number of rotatable bonds is 6. The van der Waals surface area contributed by atoms with Crippen LogP contribution in [0.15, 0.2) is 47.8 Å². The molecular formula is C19H15Cl2IN2O2S. The summed E-state index contributed by atoms with van der Waals surface area (Å²) in [6, 6.07) is 12.9. The molecule has 0 saturated heterocycles. The van der Waals surface area contributed by atoms with Crippen LogP contribution in [0.1, 0.15) is 5.56 Å². The van der Waals surface area contributed by atoms with Crippen molar-refractivity contribution in [3.8, 4) is 11.3 Å². The zero-order valence-corrected chi connectivity index (χ0v) is 18.7. The van der Waals surface area contributed by atoms with Crippen molar-refractivity contribution in [2.24, 2.45) is 0 Å². The quantitative estimate of drug-likeness (QED) is 0.316. The van der Waals surface area contributed by atoms with Gasteiger partial charge in [-0.1, -0.05) is 41.4 Å². The maximum absolute atomic E-state index is 12.2. The molecule has 1 atom stereocenters. The molecule has 0 aliphatic rings. The Morgan fingerprint density at radius 1 is 1.22 bits per heavy atom. The minimum atomic E-state index is -0.525. The smallest absolute Gasteiger partial charge is 0.328 e. The van der Waals surface area contributed by atoms with E-state index in [9.17, 15) is 4.79 Å². The Balaban J connectivity index is 1.77. The van der Waals surface area contributed by atoms with E-state index in [0.717, 1.165) is 20.4 Å². The van der Waals surface area contributed by atoms with Crippen molar-refractivity contribution in [1.29, 1.82) is 0 Å². The molecule has 0 spiro atoms. The van der Waals surface area contributed by atoms with Crippen molar-refractivity contribution in [3.05, 3.63) is 67.0 Å². The number of halogens is 3. The minimum Gasteiger partial charge on any atom is -0.467 e. The molecule has 1 N–H and O–H groups in total. The second-order valence-corrected chi connectivity index (χ2v) is 8.64. The predicted octanol–water partition coefficient (Wildman–Crippen LogP) is 5.92. The van der Waals surface area contributed by atoms with Gasteiger partial charge in [0, 0.05) is 20.9 Å². The Labute approximate surface area is 185 Å². The zero-order valence-electron chi connectivity index (χ0n) is 14.2. The molecule has 0 aliphatic carbocycles. The number of nitrogens with one attached hydrogen (secondary N) is 1. The van der Waals surface area contributed by atoms with Gasteiger partial charge in [0.05, 0.1) is 22.8 Å². The zero-order chi connectivity index (χ0) is 19.4. The van der Waals surface area contributed by atoms with E-state index in [4.69, 9.17) is 27.9 Å². The Morgan fingerprint density at radius 3 is 2.63 bits per heavy atom. The Hall–Kier alpha value is -1.35. The summed E-state index contributed by atoms with van der Waals surface area (Å²) < 4.78 is 6.09. The van der Waals surface area contributed by atoms with Crippen LogP contribution < -0.4 is 5.32 Å². The molecular weight excluding hydrogens is 518 g/mol. The van der Waals surface area contributed by atoms with Gasteiger partial charge in [-0.3, -0.25) is 0 Å². The molecule has 140 valence electrons. The van der Waals surface area contributed by atoms with Crippen LogP contribution >= 0.6 is 57.1 Å². The van der Waals surface area contributed by atoms with Gasteiger partial charge in [-0.2, -0.15) is 0 Å². The second-order valence-electron chi connectivity index (χ2n) is 5.72. The van der Waals surface area contributed by atoms with Crippen LogP contribution in [0.4, 0.5) is 5.13 Å². The van der Waals surface area contributed by atoms with Gasteiger partial charge >= 0.3 is 5.97 Å². The number of benzene rings is 2. The first-order chi connectivity index (χ1) is 13.0. The van der Waals surface area contributed by atoms with Crippen molar-refractivity contribution in [2.75, 3.05) is 12.4 Å². The SMILES string of the molecule is COC(=O)C(Cc1ccc(I)cc1)Nc1nc(-c2ccc(Cl)c(Cl)c2)cs1. The molecule has 3 rings (SSSR count). The highest BCUT2D eigenvalue weighted by Gasteiger charge is 2.21. The summed E-state index contributed by atoms with van der Waals surface area (Å²) in [6.45, 7) is 0. The van der Waals surface area contributed by atoms with E-state index in [-0.39, 0.29) is 5.97 Å². The van der Waals surface area contributed by atoms with Crippen LogP contribution in [-0.2, 0) is 16.0 Å². The van der Waals surface area contributed by atoms with E-state index < -0.39 is 6.04 Å². The molecule has 0 amide bonds. The molecule has 0 radical (unpaired) electrons. The number of anilines is 1. The van der Waals surface area contributed by atoms with Crippen molar-refractivity contribution in [2.45, 2.75) is 12.5 Å². The molecule has 27 heavy (non-hydrogen) atoms. The Kier molecular flexibility index (Phi) is 6.97. The summed E-state index contributed by atoms with van der Waals surface area (Å²) >= 11 is 15.7. The monoisotopic (exact) mass is 532 g/mol. The lowest BCUT2D eigenvalue weighted by Crippen LogP contribution is -2.32. The van der Waals surface area contributed by atoms with Gasteiger partial charge in [0.15, 0.2) is 5.13 Å². The summed E-state index contributed by atoms with van der Waals surface area (Å²) in [5.41, 5.74) is 2.67. The fraction of sp³-hybridized carbons (Fsp3) is 0.158. The predicted molar refractivity (Wildman–Crippen MR) is 120 cm³/mol. The number of nitrogens with zero attached hydrogens (tertiary/aromatic N) is 1. The van der Waals surface area contributed by atoms with E-state index in [1.165, 1.54) is 18.4 Å². The lowest BCUT2D eigenvalue weighted by atomic mass is 10.1. The second kappa shape index (κ2) is 9.23. The molecule has 0 bridgehead atoms. The van der Waals surface area contributed by atoms with Gasteiger partial charge in [-0.25, -0.2) is 9.78 Å². The number of hydrogen-bond acceptors (Lipinski definition) is 5. The molecule has 1 unspecified atom stereocenters. The van der Waals surface area contributed by atoms with E-state index >= 15 is 0 Å². The number of carbonyl (C=O) groups excluding carboxylic acids is 1. The third kappa shape index (κ3) is 5.34. The summed E-state index contributed by atoms with van der Waals surface area (Å²) in [7, 11) is 1.38. The summed E-state index contributed by atoms with van der Waals surface area (Å²) in [4.78, 5) is 16.8. The molecule has 1 heterocycles. The van der Waals surface area contributed by atoms with Gasteiger partial charge in [-0.15, -0.1) is 11.3 Å². The minimum absolute atomic E-state index is 0.333. The average molecular weight is 533 g/mol. The average Bonchev–Trinajstić information content (AvgIpc) is 3.13. The van der Waals surface area contributed by atoms with Gasteiger partial charge in [0.1, 0.15) is 6.04 Å². The van der Waals surface area contributed by atoms with Crippen LogP contribution in [0.5, 0.6) is 0 Å². The van der Waals surface area contributed by atoms with E-state index in [1.807, 2.05) is 35.7 Å². The maximum atomic E-state index is 12.2. The fourth-order valence-electron chi connectivity index (χ4n) is 2.47. The van der Waals surface area contributed by atoms with Gasteiger partial charge in [-0.05, 0) is 52.4 Å². The summed E-state index contributed by atoms with van der Waals surface area (Å²) in [6.07, 6.45) is 0.505. The first kappa shape index (κ1) is 20.4. The molecule has 2 aromatic carbocycles. The molecule has 0 aliphatic heterocycles. The van der Waals surface area contributed by atoms with Crippen molar-refractivity contribution < 1.29 is 9.53 Å². The molecule has 0 fully saturated rings. The highest BCUT2D eigenvalue weighted by atomic mass is 127. The first-order valence-electron chi connectivity index (χ1n) is 7.96. The molecule has 4 nitrogen and oxygen atoms in total. The van der Waals surface area contributed by atoms with Gasteiger partial charge in [0.25, 0.3) is 0 Å². The van der Waals surface area contributed by atoms with E-state index in [0.29, 0.717) is 21.6 Å². The number of carbonyl (C=O) groups is 1. The lowest BCUT2D eigenvalue weighted by Gasteiger charge is -2.16. The van der Waals surface area contributed by atoms with E-state index in [1.54, 1.807) is 12.1 Å². The highest BCUT2D eigenvalue weighted by molar-refractivity contribution is 14.1. The number of esters is 1. The van der Waals surface area contributed by atoms with Crippen molar-refractivity contribution in [3.63, 3.8) is 0 Å². The molecule has 8 heteroatoms. The highest BCUT2D eigenvalue weighted by Crippen LogP contribution is 2.30. The van der Waals surface area contributed by atoms with E-state index in [2.05, 4.69) is 32.9 Å². The van der Waals surface area contributed by atoms with Gasteiger partial charge < -0.3 is 10.1 Å². The standard InChI is InChI=1S/C19H15Cl2IN2O2S/c1-26-18(25)16(8-11-2-5-13(22)6-3-11)23-19-24-17(10-27-19)12-4-7-14(20)15(21)9-12/h2-7,9-10,16H,8H2,1H3,(H,23,24). The lowest BCUT2D eigenvalue weighted by molar-refractivity contribution is -0.141.